The van der Waals surface area contributed by atoms with E-state index in [1.807, 2.05) is 17.8 Å². The van der Waals surface area contributed by atoms with Crippen LogP contribution in [0.2, 0.25) is 0 Å². The first-order valence-corrected chi connectivity index (χ1v) is 12.0. The summed E-state index contributed by atoms with van der Waals surface area (Å²) in [5.41, 5.74) is 2.42. The molecule has 1 heterocycles. The van der Waals surface area contributed by atoms with Gasteiger partial charge in [-0.15, -0.1) is 16.8 Å². The molecule has 0 amide bonds. The Labute approximate surface area is 185 Å². The standard InChI is InChI=1S/C24H26BrN3S/c1-2-10-22(18-11-5-3-6-12-18)29-24-27-26-23(19-13-9-14-20(25)17-19)28(24)21-15-7-4-8-16-21/h2-3,5-6,9,11-14,17,21-22H,1,4,7-8,10,15-16H2. The lowest BCUT2D eigenvalue weighted by Crippen LogP contribution is -2.15. The van der Waals surface area contributed by atoms with E-state index in [-0.39, 0.29) is 5.25 Å². The molecule has 0 bridgehead atoms. The summed E-state index contributed by atoms with van der Waals surface area (Å²) in [4.78, 5) is 0. The Hall–Kier alpha value is -1.85. The van der Waals surface area contributed by atoms with Crippen LogP contribution in [0, 0.1) is 0 Å². The first-order valence-electron chi connectivity index (χ1n) is 10.3. The van der Waals surface area contributed by atoms with Gasteiger partial charge in [-0.25, -0.2) is 0 Å². The maximum atomic E-state index is 4.67. The van der Waals surface area contributed by atoms with E-state index in [1.54, 1.807) is 0 Å². The van der Waals surface area contributed by atoms with Gasteiger partial charge in [-0.05, 0) is 37.0 Å². The fourth-order valence-electron chi connectivity index (χ4n) is 4.05. The van der Waals surface area contributed by atoms with E-state index >= 15 is 0 Å². The maximum Gasteiger partial charge on any atom is 0.192 e. The normalized spacial score (nSPS) is 15.9. The molecule has 3 nitrogen and oxygen atoms in total. The number of thioether (sulfide) groups is 1. The molecule has 1 atom stereocenters. The van der Waals surface area contributed by atoms with Crippen molar-refractivity contribution in [2.75, 3.05) is 0 Å². The van der Waals surface area contributed by atoms with Crippen LogP contribution in [0.1, 0.15) is 55.4 Å². The summed E-state index contributed by atoms with van der Waals surface area (Å²) in [5, 5.41) is 10.6. The van der Waals surface area contributed by atoms with Gasteiger partial charge >= 0.3 is 0 Å². The average molecular weight is 468 g/mol. The zero-order chi connectivity index (χ0) is 20.1. The van der Waals surface area contributed by atoms with Gasteiger partial charge in [-0.3, -0.25) is 4.57 Å². The van der Waals surface area contributed by atoms with Crippen molar-refractivity contribution >= 4 is 27.7 Å². The molecule has 0 N–H and O–H groups in total. The first-order chi connectivity index (χ1) is 14.3. The number of hydrogen-bond acceptors (Lipinski definition) is 3. The number of nitrogens with zero attached hydrogens (tertiary/aromatic N) is 3. The predicted molar refractivity (Wildman–Crippen MR) is 125 cm³/mol. The topological polar surface area (TPSA) is 30.7 Å². The smallest absolute Gasteiger partial charge is 0.192 e. The number of aromatic nitrogens is 3. The second kappa shape index (κ2) is 9.77. The summed E-state index contributed by atoms with van der Waals surface area (Å²) in [5.74, 6) is 0.978. The Morgan fingerprint density at radius 3 is 2.59 bits per heavy atom. The number of halogens is 1. The first kappa shape index (κ1) is 20.4. The SMILES string of the molecule is C=CCC(Sc1nnc(-c2cccc(Br)c2)n1C1CCCCC1)c1ccccc1. The molecule has 1 saturated carbocycles. The summed E-state index contributed by atoms with van der Waals surface area (Å²) in [6.45, 7) is 3.98. The lowest BCUT2D eigenvalue weighted by atomic mass is 9.95. The summed E-state index contributed by atoms with van der Waals surface area (Å²) in [6, 6.07) is 19.5. The fourth-order valence-corrected chi connectivity index (χ4v) is 5.67. The van der Waals surface area contributed by atoms with Gasteiger partial charge in [0.15, 0.2) is 11.0 Å². The lowest BCUT2D eigenvalue weighted by molar-refractivity contribution is 0.339. The Morgan fingerprint density at radius 1 is 1.07 bits per heavy atom. The highest BCUT2D eigenvalue weighted by molar-refractivity contribution is 9.10. The number of rotatable bonds is 7. The third-order valence-corrected chi connectivity index (χ3v) is 7.22. The van der Waals surface area contributed by atoms with Gasteiger partial charge in [0.25, 0.3) is 0 Å². The second-order valence-corrected chi connectivity index (χ2v) is 9.61. The fraction of sp³-hybridized carbons (Fsp3) is 0.333. The molecule has 0 radical (unpaired) electrons. The summed E-state index contributed by atoms with van der Waals surface area (Å²) in [7, 11) is 0. The molecule has 0 saturated heterocycles. The quantitative estimate of drug-likeness (QED) is 0.264. The van der Waals surface area contributed by atoms with E-state index in [1.165, 1.54) is 37.7 Å². The van der Waals surface area contributed by atoms with Crippen LogP contribution in [0.4, 0.5) is 0 Å². The summed E-state index contributed by atoms with van der Waals surface area (Å²) < 4.78 is 3.47. The van der Waals surface area contributed by atoms with Gasteiger partial charge in [-0.2, -0.15) is 0 Å². The van der Waals surface area contributed by atoms with Crippen molar-refractivity contribution in [2.24, 2.45) is 0 Å². The Bertz CT molecular complexity index is 948. The van der Waals surface area contributed by atoms with Gasteiger partial charge in [0.1, 0.15) is 0 Å². The molecular weight excluding hydrogens is 442 g/mol. The molecule has 3 aromatic rings. The number of hydrogen-bond donors (Lipinski definition) is 0. The lowest BCUT2D eigenvalue weighted by Gasteiger charge is -2.26. The Kier molecular flexibility index (Phi) is 6.88. The predicted octanol–water partition coefficient (Wildman–Crippen LogP) is 7.62. The van der Waals surface area contributed by atoms with Crippen molar-refractivity contribution in [2.45, 2.75) is 55.0 Å². The number of benzene rings is 2. The largest absolute Gasteiger partial charge is 0.299 e. The molecule has 4 rings (SSSR count). The van der Waals surface area contributed by atoms with Crippen molar-refractivity contribution in [3.05, 3.63) is 77.3 Å². The van der Waals surface area contributed by atoms with Crippen LogP contribution in [0.15, 0.2) is 76.9 Å². The third kappa shape index (κ3) is 4.84. The maximum absolute atomic E-state index is 4.67. The molecule has 5 heteroatoms. The van der Waals surface area contributed by atoms with Crippen molar-refractivity contribution in [3.8, 4) is 11.4 Å². The third-order valence-electron chi connectivity index (χ3n) is 5.49. The van der Waals surface area contributed by atoms with Crippen LogP contribution in [0.3, 0.4) is 0 Å². The molecule has 150 valence electrons. The van der Waals surface area contributed by atoms with Crippen LogP contribution in [-0.2, 0) is 0 Å². The summed E-state index contributed by atoms with van der Waals surface area (Å²) >= 11 is 5.42. The zero-order valence-electron chi connectivity index (χ0n) is 16.5. The highest BCUT2D eigenvalue weighted by Crippen LogP contribution is 2.42. The van der Waals surface area contributed by atoms with E-state index in [9.17, 15) is 0 Å². The molecule has 29 heavy (non-hydrogen) atoms. The zero-order valence-corrected chi connectivity index (χ0v) is 18.9. The molecule has 2 aromatic carbocycles. The van der Waals surface area contributed by atoms with Gasteiger partial charge in [0, 0.05) is 21.3 Å². The van der Waals surface area contributed by atoms with Crippen LogP contribution in [0.25, 0.3) is 11.4 Å². The van der Waals surface area contributed by atoms with E-state index < -0.39 is 0 Å². The molecule has 1 aliphatic rings. The highest BCUT2D eigenvalue weighted by atomic mass is 79.9. The Balaban J connectivity index is 1.73. The van der Waals surface area contributed by atoms with Crippen LogP contribution >= 0.6 is 27.7 Å². The van der Waals surface area contributed by atoms with Gasteiger partial charge in [0.05, 0.1) is 0 Å². The highest BCUT2D eigenvalue weighted by Gasteiger charge is 2.26. The van der Waals surface area contributed by atoms with Gasteiger partial charge < -0.3 is 0 Å². The molecular formula is C24H26BrN3S. The van der Waals surface area contributed by atoms with Crippen LogP contribution in [0.5, 0.6) is 0 Å². The van der Waals surface area contributed by atoms with Crippen LogP contribution in [-0.4, -0.2) is 14.8 Å². The minimum Gasteiger partial charge on any atom is -0.299 e. The van der Waals surface area contributed by atoms with Crippen LogP contribution < -0.4 is 0 Å². The molecule has 0 aliphatic heterocycles. The van der Waals surface area contributed by atoms with E-state index in [0.29, 0.717) is 6.04 Å². The van der Waals surface area contributed by atoms with Crippen molar-refractivity contribution in [1.29, 1.82) is 0 Å². The van der Waals surface area contributed by atoms with Gasteiger partial charge in [-0.1, -0.05) is 95.5 Å². The monoisotopic (exact) mass is 467 g/mol. The average Bonchev–Trinajstić information content (AvgIpc) is 3.18. The molecule has 1 aliphatic carbocycles. The minimum atomic E-state index is 0.288. The van der Waals surface area contributed by atoms with Crippen molar-refractivity contribution in [1.82, 2.24) is 14.8 Å². The molecule has 1 fully saturated rings. The van der Waals surface area contributed by atoms with Gasteiger partial charge in [0.2, 0.25) is 0 Å². The Morgan fingerprint density at radius 2 is 1.86 bits per heavy atom. The minimum absolute atomic E-state index is 0.288. The number of allylic oxidation sites excluding steroid dienone is 1. The van der Waals surface area contributed by atoms with E-state index in [4.69, 9.17) is 0 Å². The molecule has 0 spiro atoms. The van der Waals surface area contributed by atoms with E-state index in [0.717, 1.165) is 27.4 Å². The van der Waals surface area contributed by atoms with Crippen molar-refractivity contribution < 1.29 is 0 Å². The van der Waals surface area contributed by atoms with E-state index in [2.05, 4.69) is 91.9 Å². The van der Waals surface area contributed by atoms with Crippen molar-refractivity contribution in [3.63, 3.8) is 0 Å². The molecule has 1 unspecified atom stereocenters. The second-order valence-electron chi connectivity index (χ2n) is 7.52. The summed E-state index contributed by atoms with van der Waals surface area (Å²) in [6.07, 6.45) is 9.18. The molecule has 1 aromatic heterocycles.